The summed E-state index contributed by atoms with van der Waals surface area (Å²) in [5.74, 6) is 0.318. The molecule has 110 valence electrons. The zero-order valence-corrected chi connectivity index (χ0v) is 12.3. The van der Waals surface area contributed by atoms with Crippen LogP contribution in [0.1, 0.15) is 39.5 Å². The number of nitrogens with one attached hydrogen (secondary N) is 1. The van der Waals surface area contributed by atoms with Crippen molar-refractivity contribution in [3.63, 3.8) is 0 Å². The van der Waals surface area contributed by atoms with E-state index in [4.69, 9.17) is 0 Å². The first-order valence-electron chi connectivity index (χ1n) is 7.45. The SMILES string of the molecule is CCN(CC)C(=O)CNCCC(=O)N1CCCCC1. The smallest absolute Gasteiger partial charge is 0.236 e. The minimum absolute atomic E-state index is 0.107. The lowest BCUT2D eigenvalue weighted by Crippen LogP contribution is -2.40. The topological polar surface area (TPSA) is 52.7 Å². The number of hydrogen-bond donors (Lipinski definition) is 1. The monoisotopic (exact) mass is 269 g/mol. The van der Waals surface area contributed by atoms with Crippen LogP contribution in [-0.4, -0.2) is 60.9 Å². The van der Waals surface area contributed by atoms with Crippen molar-refractivity contribution in [1.82, 2.24) is 15.1 Å². The van der Waals surface area contributed by atoms with E-state index >= 15 is 0 Å². The van der Waals surface area contributed by atoms with Crippen LogP contribution in [0.5, 0.6) is 0 Å². The molecule has 0 unspecified atom stereocenters. The fourth-order valence-corrected chi connectivity index (χ4v) is 2.38. The molecule has 0 atom stereocenters. The van der Waals surface area contributed by atoms with Crippen LogP contribution in [0.15, 0.2) is 0 Å². The van der Waals surface area contributed by atoms with Gasteiger partial charge in [0.1, 0.15) is 0 Å². The van der Waals surface area contributed by atoms with Crippen LogP contribution in [-0.2, 0) is 9.59 Å². The summed E-state index contributed by atoms with van der Waals surface area (Å²) >= 11 is 0. The van der Waals surface area contributed by atoms with Gasteiger partial charge in [0.15, 0.2) is 0 Å². The van der Waals surface area contributed by atoms with E-state index in [1.165, 1.54) is 6.42 Å². The number of amides is 2. The Kier molecular flexibility index (Phi) is 7.48. The van der Waals surface area contributed by atoms with E-state index in [1.54, 1.807) is 4.90 Å². The van der Waals surface area contributed by atoms with Crippen molar-refractivity contribution in [2.45, 2.75) is 39.5 Å². The Morgan fingerprint density at radius 2 is 1.74 bits per heavy atom. The number of nitrogens with zero attached hydrogens (tertiary/aromatic N) is 2. The summed E-state index contributed by atoms with van der Waals surface area (Å²) in [4.78, 5) is 27.3. The van der Waals surface area contributed by atoms with Gasteiger partial charge in [-0.3, -0.25) is 9.59 Å². The Labute approximate surface area is 116 Å². The summed E-state index contributed by atoms with van der Waals surface area (Å²) in [7, 11) is 0. The van der Waals surface area contributed by atoms with Crippen molar-refractivity contribution < 1.29 is 9.59 Å². The number of carbonyl (C=O) groups is 2. The fraction of sp³-hybridized carbons (Fsp3) is 0.857. The molecule has 1 rings (SSSR count). The van der Waals surface area contributed by atoms with Crippen molar-refractivity contribution >= 4 is 11.8 Å². The lowest BCUT2D eigenvalue weighted by molar-refractivity contribution is -0.133. The molecular formula is C14H27N3O2. The van der Waals surface area contributed by atoms with Gasteiger partial charge in [0.2, 0.25) is 11.8 Å². The molecule has 5 heteroatoms. The highest BCUT2D eigenvalue weighted by Crippen LogP contribution is 2.09. The maximum absolute atomic E-state index is 11.9. The van der Waals surface area contributed by atoms with Crippen LogP contribution in [0, 0.1) is 0 Å². The first kappa shape index (κ1) is 16.0. The van der Waals surface area contributed by atoms with Crippen molar-refractivity contribution in [3.05, 3.63) is 0 Å². The largest absolute Gasteiger partial charge is 0.343 e. The third-order valence-corrected chi connectivity index (χ3v) is 3.62. The molecule has 1 N–H and O–H groups in total. The van der Waals surface area contributed by atoms with Gasteiger partial charge in [-0.15, -0.1) is 0 Å². The second-order valence-electron chi connectivity index (χ2n) is 4.93. The summed E-state index contributed by atoms with van der Waals surface area (Å²) in [6.07, 6.45) is 3.98. The molecule has 1 saturated heterocycles. The molecule has 0 aromatic heterocycles. The van der Waals surface area contributed by atoms with Gasteiger partial charge in [-0.25, -0.2) is 0 Å². The lowest BCUT2D eigenvalue weighted by Gasteiger charge is -2.26. The Bertz CT molecular complexity index is 284. The molecular weight excluding hydrogens is 242 g/mol. The number of rotatable bonds is 7. The second kappa shape index (κ2) is 8.91. The van der Waals surface area contributed by atoms with Crippen LogP contribution in [0.3, 0.4) is 0 Å². The molecule has 0 spiro atoms. The average molecular weight is 269 g/mol. The molecule has 1 fully saturated rings. The van der Waals surface area contributed by atoms with Crippen molar-refractivity contribution in [1.29, 1.82) is 0 Å². The van der Waals surface area contributed by atoms with Crippen LogP contribution in [0.4, 0.5) is 0 Å². The minimum atomic E-state index is 0.107. The van der Waals surface area contributed by atoms with E-state index in [9.17, 15) is 9.59 Å². The standard InChI is InChI=1S/C14H27N3O2/c1-3-16(4-2)14(19)12-15-9-8-13(18)17-10-6-5-7-11-17/h15H,3-12H2,1-2H3. The average Bonchev–Trinajstić information content (AvgIpc) is 2.45. The highest BCUT2D eigenvalue weighted by molar-refractivity contribution is 5.78. The van der Waals surface area contributed by atoms with Gasteiger partial charge in [0.25, 0.3) is 0 Å². The predicted molar refractivity (Wildman–Crippen MR) is 75.8 cm³/mol. The number of carbonyl (C=O) groups excluding carboxylic acids is 2. The van der Waals surface area contributed by atoms with Crippen LogP contribution in [0.2, 0.25) is 0 Å². The molecule has 0 aromatic carbocycles. The minimum Gasteiger partial charge on any atom is -0.343 e. The highest BCUT2D eigenvalue weighted by atomic mass is 16.2. The summed E-state index contributed by atoms with van der Waals surface area (Å²) in [6, 6.07) is 0. The fourth-order valence-electron chi connectivity index (χ4n) is 2.38. The Hall–Kier alpha value is -1.10. The maximum Gasteiger partial charge on any atom is 0.236 e. The third-order valence-electron chi connectivity index (χ3n) is 3.62. The summed E-state index contributed by atoms with van der Waals surface area (Å²) in [5.41, 5.74) is 0. The van der Waals surface area contributed by atoms with Crippen molar-refractivity contribution in [2.75, 3.05) is 39.3 Å². The molecule has 0 saturated carbocycles. The first-order valence-corrected chi connectivity index (χ1v) is 7.45. The molecule has 1 aliphatic rings. The number of hydrogen-bond acceptors (Lipinski definition) is 3. The van der Waals surface area contributed by atoms with Gasteiger partial charge in [0.05, 0.1) is 6.54 Å². The van der Waals surface area contributed by atoms with E-state index in [0.29, 0.717) is 19.5 Å². The van der Waals surface area contributed by atoms with E-state index in [-0.39, 0.29) is 11.8 Å². The summed E-state index contributed by atoms with van der Waals surface area (Å²) in [6.45, 7) is 8.14. The van der Waals surface area contributed by atoms with E-state index in [2.05, 4.69) is 5.32 Å². The van der Waals surface area contributed by atoms with Gasteiger partial charge < -0.3 is 15.1 Å². The maximum atomic E-state index is 11.9. The van der Waals surface area contributed by atoms with E-state index < -0.39 is 0 Å². The molecule has 1 heterocycles. The highest BCUT2D eigenvalue weighted by Gasteiger charge is 2.16. The normalized spacial score (nSPS) is 15.4. The number of piperidine rings is 1. The molecule has 0 bridgehead atoms. The van der Waals surface area contributed by atoms with Crippen molar-refractivity contribution in [2.24, 2.45) is 0 Å². The van der Waals surface area contributed by atoms with E-state index in [0.717, 1.165) is 39.0 Å². The first-order chi connectivity index (χ1) is 9.19. The summed E-state index contributed by atoms with van der Waals surface area (Å²) in [5, 5.41) is 3.07. The Morgan fingerprint density at radius 1 is 1.11 bits per heavy atom. The van der Waals surface area contributed by atoms with Crippen LogP contribution >= 0.6 is 0 Å². The van der Waals surface area contributed by atoms with Gasteiger partial charge >= 0.3 is 0 Å². The summed E-state index contributed by atoms with van der Waals surface area (Å²) < 4.78 is 0. The van der Waals surface area contributed by atoms with Crippen LogP contribution < -0.4 is 5.32 Å². The quantitative estimate of drug-likeness (QED) is 0.697. The molecule has 2 amide bonds. The number of likely N-dealkylation sites (N-methyl/N-ethyl adjacent to an activating group) is 1. The van der Waals surface area contributed by atoms with Gasteiger partial charge in [-0.1, -0.05) is 0 Å². The molecule has 19 heavy (non-hydrogen) atoms. The second-order valence-corrected chi connectivity index (χ2v) is 4.93. The molecule has 0 radical (unpaired) electrons. The molecule has 0 aromatic rings. The molecule has 0 aliphatic carbocycles. The zero-order chi connectivity index (χ0) is 14.1. The predicted octanol–water partition coefficient (Wildman–Crippen LogP) is 0.847. The van der Waals surface area contributed by atoms with Gasteiger partial charge in [-0.2, -0.15) is 0 Å². The third kappa shape index (κ3) is 5.59. The van der Waals surface area contributed by atoms with Gasteiger partial charge in [-0.05, 0) is 33.1 Å². The molecule has 1 aliphatic heterocycles. The van der Waals surface area contributed by atoms with Gasteiger partial charge in [0, 0.05) is 39.1 Å². The van der Waals surface area contributed by atoms with Crippen molar-refractivity contribution in [3.8, 4) is 0 Å². The number of likely N-dealkylation sites (tertiary alicyclic amines) is 1. The van der Waals surface area contributed by atoms with Crippen LogP contribution in [0.25, 0.3) is 0 Å². The Morgan fingerprint density at radius 3 is 2.32 bits per heavy atom. The molecule has 5 nitrogen and oxygen atoms in total. The van der Waals surface area contributed by atoms with E-state index in [1.807, 2.05) is 18.7 Å². The lowest BCUT2D eigenvalue weighted by atomic mass is 10.1. The Balaban J connectivity index is 2.12. The zero-order valence-electron chi connectivity index (χ0n) is 12.3.